The number of hydrogen-bond donors (Lipinski definition) is 1. The van der Waals surface area contributed by atoms with Crippen LogP contribution in [-0.2, 0) is 11.2 Å². The molecule has 84 valence electrons. The Morgan fingerprint density at radius 1 is 1.60 bits per heavy atom. The first kappa shape index (κ1) is 10.7. The van der Waals surface area contributed by atoms with Gasteiger partial charge in [0.1, 0.15) is 0 Å². The molecule has 3 nitrogen and oxygen atoms in total. The molecule has 2 heterocycles. The topological polar surface area (TPSA) is 34.4 Å². The standard InChI is InChI=1S/C12H19NO2/c1-13-12(7-10-4-6-15-8-10)11-3-2-5-14-9-11/h4,6,8,11-13H,2-3,5,7,9H2,1H3. The lowest BCUT2D eigenvalue weighted by Crippen LogP contribution is -2.39. The molecule has 0 bridgehead atoms. The summed E-state index contributed by atoms with van der Waals surface area (Å²) in [5.74, 6) is 0.638. The summed E-state index contributed by atoms with van der Waals surface area (Å²) in [5, 5.41) is 3.39. The highest BCUT2D eigenvalue weighted by Crippen LogP contribution is 2.20. The largest absolute Gasteiger partial charge is 0.472 e. The summed E-state index contributed by atoms with van der Waals surface area (Å²) in [6.45, 7) is 1.82. The van der Waals surface area contributed by atoms with Crippen LogP contribution in [0.2, 0.25) is 0 Å². The second-order valence-electron chi connectivity index (χ2n) is 4.21. The Kier molecular flexibility index (Phi) is 3.80. The molecule has 1 N–H and O–H groups in total. The zero-order chi connectivity index (χ0) is 10.5. The molecule has 0 aliphatic carbocycles. The van der Waals surface area contributed by atoms with Crippen molar-refractivity contribution in [2.75, 3.05) is 20.3 Å². The Bertz CT molecular complexity index is 265. The van der Waals surface area contributed by atoms with Crippen LogP contribution in [0.1, 0.15) is 18.4 Å². The van der Waals surface area contributed by atoms with E-state index in [1.165, 1.54) is 18.4 Å². The molecule has 3 heteroatoms. The maximum Gasteiger partial charge on any atom is 0.0935 e. The number of ether oxygens (including phenoxy) is 1. The molecule has 1 aromatic heterocycles. The molecule has 0 spiro atoms. The molecule has 2 unspecified atom stereocenters. The number of likely N-dealkylation sites (N-methyl/N-ethyl adjacent to an activating group) is 1. The molecule has 2 rings (SSSR count). The highest BCUT2D eigenvalue weighted by atomic mass is 16.5. The van der Waals surface area contributed by atoms with E-state index >= 15 is 0 Å². The zero-order valence-corrected chi connectivity index (χ0v) is 9.24. The second kappa shape index (κ2) is 5.33. The van der Waals surface area contributed by atoms with Gasteiger partial charge in [0.25, 0.3) is 0 Å². The van der Waals surface area contributed by atoms with Crippen LogP contribution in [0.3, 0.4) is 0 Å². The van der Waals surface area contributed by atoms with Crippen molar-refractivity contribution in [3.05, 3.63) is 24.2 Å². The van der Waals surface area contributed by atoms with Crippen LogP contribution in [0.15, 0.2) is 23.0 Å². The summed E-state index contributed by atoms with van der Waals surface area (Å²) in [6.07, 6.45) is 7.05. The lowest BCUT2D eigenvalue weighted by atomic mass is 9.90. The monoisotopic (exact) mass is 209 g/mol. The number of furan rings is 1. The normalized spacial score (nSPS) is 23.9. The molecule has 1 aliphatic heterocycles. The molecule has 1 aromatic rings. The highest BCUT2D eigenvalue weighted by molar-refractivity contribution is 5.08. The molecule has 2 atom stereocenters. The Morgan fingerprint density at radius 3 is 3.13 bits per heavy atom. The third-order valence-corrected chi connectivity index (χ3v) is 3.17. The summed E-state index contributed by atoms with van der Waals surface area (Å²) < 4.78 is 10.6. The minimum atomic E-state index is 0.503. The number of nitrogens with one attached hydrogen (secondary N) is 1. The molecule has 15 heavy (non-hydrogen) atoms. The minimum absolute atomic E-state index is 0.503. The van der Waals surface area contributed by atoms with Crippen LogP contribution in [-0.4, -0.2) is 26.3 Å². The van der Waals surface area contributed by atoms with Gasteiger partial charge in [0.2, 0.25) is 0 Å². The summed E-state index contributed by atoms with van der Waals surface area (Å²) in [7, 11) is 2.03. The Morgan fingerprint density at radius 2 is 2.53 bits per heavy atom. The van der Waals surface area contributed by atoms with Crippen LogP contribution in [0, 0.1) is 5.92 Å². The summed E-state index contributed by atoms with van der Waals surface area (Å²) >= 11 is 0. The molecular weight excluding hydrogens is 190 g/mol. The van der Waals surface area contributed by atoms with Crippen LogP contribution in [0.5, 0.6) is 0 Å². The van der Waals surface area contributed by atoms with E-state index in [-0.39, 0.29) is 0 Å². The predicted octanol–water partition coefficient (Wildman–Crippen LogP) is 1.84. The third-order valence-electron chi connectivity index (χ3n) is 3.17. The average molecular weight is 209 g/mol. The Hall–Kier alpha value is -0.800. The Labute approximate surface area is 90.8 Å². The maximum atomic E-state index is 5.52. The molecule has 0 amide bonds. The Balaban J connectivity index is 1.91. The van der Waals surface area contributed by atoms with Crippen molar-refractivity contribution < 1.29 is 9.15 Å². The highest BCUT2D eigenvalue weighted by Gasteiger charge is 2.23. The van der Waals surface area contributed by atoms with Crippen LogP contribution >= 0.6 is 0 Å². The van der Waals surface area contributed by atoms with Crippen molar-refractivity contribution in [1.82, 2.24) is 5.32 Å². The smallest absolute Gasteiger partial charge is 0.0935 e. The summed E-state index contributed by atoms with van der Waals surface area (Å²) in [5.41, 5.74) is 1.26. The van der Waals surface area contributed by atoms with Crippen LogP contribution < -0.4 is 5.32 Å². The van der Waals surface area contributed by atoms with Gasteiger partial charge in [0.15, 0.2) is 0 Å². The lowest BCUT2D eigenvalue weighted by molar-refractivity contribution is 0.0405. The van der Waals surface area contributed by atoms with Gasteiger partial charge in [0.05, 0.1) is 19.1 Å². The van der Waals surface area contributed by atoms with E-state index in [0.29, 0.717) is 12.0 Å². The fourth-order valence-electron chi connectivity index (χ4n) is 2.25. The van der Waals surface area contributed by atoms with E-state index in [0.717, 1.165) is 19.6 Å². The first-order valence-electron chi connectivity index (χ1n) is 5.66. The van der Waals surface area contributed by atoms with Gasteiger partial charge >= 0.3 is 0 Å². The number of rotatable bonds is 4. The first-order valence-corrected chi connectivity index (χ1v) is 5.66. The second-order valence-corrected chi connectivity index (χ2v) is 4.21. The SMILES string of the molecule is CNC(Cc1ccoc1)C1CCCOC1. The summed E-state index contributed by atoms with van der Waals surface area (Å²) in [6, 6.07) is 2.54. The molecular formula is C12H19NO2. The van der Waals surface area contributed by atoms with Crippen molar-refractivity contribution in [2.45, 2.75) is 25.3 Å². The maximum absolute atomic E-state index is 5.52. The lowest BCUT2D eigenvalue weighted by Gasteiger charge is -2.29. The van der Waals surface area contributed by atoms with Gasteiger partial charge in [-0.2, -0.15) is 0 Å². The van der Waals surface area contributed by atoms with E-state index in [9.17, 15) is 0 Å². The van der Waals surface area contributed by atoms with Gasteiger partial charge < -0.3 is 14.5 Å². The zero-order valence-electron chi connectivity index (χ0n) is 9.24. The molecule has 1 aliphatic rings. The van der Waals surface area contributed by atoms with Gasteiger partial charge in [-0.1, -0.05) is 0 Å². The summed E-state index contributed by atoms with van der Waals surface area (Å²) in [4.78, 5) is 0. The van der Waals surface area contributed by atoms with E-state index in [2.05, 4.69) is 5.32 Å². The third kappa shape index (κ3) is 2.83. The van der Waals surface area contributed by atoms with Crippen molar-refractivity contribution in [3.8, 4) is 0 Å². The molecule has 1 saturated heterocycles. The fourth-order valence-corrected chi connectivity index (χ4v) is 2.25. The van der Waals surface area contributed by atoms with Crippen LogP contribution in [0.25, 0.3) is 0 Å². The van der Waals surface area contributed by atoms with E-state index in [1.807, 2.05) is 19.4 Å². The fraction of sp³-hybridized carbons (Fsp3) is 0.667. The van der Waals surface area contributed by atoms with Crippen molar-refractivity contribution in [1.29, 1.82) is 0 Å². The number of hydrogen-bond acceptors (Lipinski definition) is 3. The molecule has 0 aromatic carbocycles. The van der Waals surface area contributed by atoms with Crippen molar-refractivity contribution in [2.24, 2.45) is 5.92 Å². The van der Waals surface area contributed by atoms with Gasteiger partial charge in [-0.05, 0) is 43.9 Å². The van der Waals surface area contributed by atoms with Crippen molar-refractivity contribution in [3.63, 3.8) is 0 Å². The van der Waals surface area contributed by atoms with E-state index in [1.54, 1.807) is 6.26 Å². The van der Waals surface area contributed by atoms with Crippen LogP contribution in [0.4, 0.5) is 0 Å². The molecule has 0 saturated carbocycles. The average Bonchev–Trinajstić information content (AvgIpc) is 2.80. The van der Waals surface area contributed by atoms with Crippen molar-refractivity contribution >= 4 is 0 Å². The first-order chi connectivity index (χ1) is 7.40. The van der Waals surface area contributed by atoms with Gasteiger partial charge in [-0.25, -0.2) is 0 Å². The molecule has 0 radical (unpaired) electrons. The van der Waals surface area contributed by atoms with Gasteiger partial charge in [-0.3, -0.25) is 0 Å². The van der Waals surface area contributed by atoms with E-state index in [4.69, 9.17) is 9.15 Å². The van der Waals surface area contributed by atoms with Gasteiger partial charge in [-0.15, -0.1) is 0 Å². The van der Waals surface area contributed by atoms with Gasteiger partial charge in [0, 0.05) is 12.6 Å². The predicted molar refractivity (Wildman–Crippen MR) is 58.8 cm³/mol. The molecule has 1 fully saturated rings. The minimum Gasteiger partial charge on any atom is -0.472 e. The van der Waals surface area contributed by atoms with E-state index < -0.39 is 0 Å². The quantitative estimate of drug-likeness (QED) is 0.821.